The molecular weight excluding hydrogens is 288 g/mol. The Balaban J connectivity index is 1.66. The molecule has 116 valence electrons. The maximum Gasteiger partial charge on any atom is 0.226 e. The van der Waals surface area contributed by atoms with E-state index in [1.54, 1.807) is 10.9 Å². The van der Waals surface area contributed by atoms with E-state index >= 15 is 0 Å². The van der Waals surface area contributed by atoms with Crippen molar-refractivity contribution in [3.05, 3.63) is 42.2 Å². The van der Waals surface area contributed by atoms with E-state index in [4.69, 9.17) is 12.2 Å². The fraction of sp³-hybridized carbons (Fsp3) is 0.235. The van der Waals surface area contributed by atoms with Crippen LogP contribution in [0.5, 0.6) is 0 Å². The third-order valence-electron chi connectivity index (χ3n) is 3.52. The first-order valence-electron chi connectivity index (χ1n) is 7.47. The predicted octanol–water partition coefficient (Wildman–Crippen LogP) is 2.09. The Bertz CT molecular complexity index is 831. The molecule has 0 spiro atoms. The van der Waals surface area contributed by atoms with Crippen molar-refractivity contribution in [2.45, 2.75) is 19.4 Å². The molecule has 0 bridgehead atoms. The number of rotatable bonds is 6. The van der Waals surface area contributed by atoms with Gasteiger partial charge < -0.3 is 15.6 Å². The van der Waals surface area contributed by atoms with Gasteiger partial charge >= 0.3 is 0 Å². The highest BCUT2D eigenvalue weighted by Gasteiger charge is 2.10. The first-order chi connectivity index (χ1) is 11.3. The van der Waals surface area contributed by atoms with Crippen molar-refractivity contribution in [3.8, 4) is 12.3 Å². The molecule has 0 fully saturated rings. The van der Waals surface area contributed by atoms with E-state index in [-0.39, 0.29) is 0 Å². The Morgan fingerprint density at radius 1 is 1.22 bits per heavy atom. The highest BCUT2D eigenvalue weighted by atomic mass is 15.2. The van der Waals surface area contributed by atoms with Crippen LogP contribution in [0.4, 0.5) is 11.8 Å². The maximum atomic E-state index is 5.94. The van der Waals surface area contributed by atoms with E-state index in [2.05, 4.69) is 38.3 Å². The smallest absolute Gasteiger partial charge is 0.226 e. The SMILES string of the molecule is C#CCn1cnc2c(N)nc(NCCCc3ccccc3)nc21. The van der Waals surface area contributed by atoms with Gasteiger partial charge in [-0.1, -0.05) is 36.3 Å². The number of nitrogens with one attached hydrogen (secondary N) is 1. The van der Waals surface area contributed by atoms with Crippen molar-refractivity contribution in [1.29, 1.82) is 0 Å². The molecule has 0 saturated heterocycles. The normalized spacial score (nSPS) is 10.6. The Morgan fingerprint density at radius 2 is 2.04 bits per heavy atom. The van der Waals surface area contributed by atoms with Crippen molar-refractivity contribution in [1.82, 2.24) is 19.5 Å². The third-order valence-corrected chi connectivity index (χ3v) is 3.52. The topological polar surface area (TPSA) is 81.7 Å². The number of terminal acetylenes is 1. The number of nitrogen functional groups attached to an aromatic ring is 1. The Labute approximate surface area is 134 Å². The molecular formula is C17H18N6. The minimum atomic E-state index is 0.358. The summed E-state index contributed by atoms with van der Waals surface area (Å²) < 4.78 is 1.78. The summed E-state index contributed by atoms with van der Waals surface area (Å²) in [5.74, 6) is 3.43. The van der Waals surface area contributed by atoms with Gasteiger partial charge in [0, 0.05) is 6.54 Å². The van der Waals surface area contributed by atoms with E-state index < -0.39 is 0 Å². The van der Waals surface area contributed by atoms with Gasteiger partial charge in [-0.2, -0.15) is 9.97 Å². The van der Waals surface area contributed by atoms with Crippen LogP contribution in [0.15, 0.2) is 36.7 Å². The zero-order valence-electron chi connectivity index (χ0n) is 12.7. The van der Waals surface area contributed by atoms with Crippen LogP contribution < -0.4 is 11.1 Å². The van der Waals surface area contributed by atoms with Gasteiger partial charge in [0.25, 0.3) is 0 Å². The van der Waals surface area contributed by atoms with Gasteiger partial charge in [-0.15, -0.1) is 6.42 Å². The fourth-order valence-corrected chi connectivity index (χ4v) is 2.40. The van der Waals surface area contributed by atoms with Gasteiger partial charge in [-0.25, -0.2) is 4.98 Å². The lowest BCUT2D eigenvalue weighted by Crippen LogP contribution is -2.09. The minimum Gasteiger partial charge on any atom is -0.382 e. The van der Waals surface area contributed by atoms with Crippen LogP contribution in [-0.2, 0) is 13.0 Å². The van der Waals surface area contributed by atoms with Crippen molar-refractivity contribution >= 4 is 22.9 Å². The number of benzene rings is 1. The number of imidazole rings is 1. The minimum absolute atomic E-state index is 0.358. The number of aromatic nitrogens is 4. The molecule has 0 aliphatic rings. The highest BCUT2D eigenvalue weighted by Crippen LogP contribution is 2.18. The number of aryl methyl sites for hydroxylation is 1. The van der Waals surface area contributed by atoms with Crippen molar-refractivity contribution in [2.24, 2.45) is 0 Å². The fourth-order valence-electron chi connectivity index (χ4n) is 2.40. The molecule has 0 aliphatic heterocycles. The number of hydrogen-bond acceptors (Lipinski definition) is 5. The average molecular weight is 306 g/mol. The summed E-state index contributed by atoms with van der Waals surface area (Å²) in [6.45, 7) is 1.17. The van der Waals surface area contributed by atoms with Crippen molar-refractivity contribution in [3.63, 3.8) is 0 Å². The molecule has 0 amide bonds. The first-order valence-corrected chi connectivity index (χ1v) is 7.47. The van der Waals surface area contributed by atoms with Crippen molar-refractivity contribution < 1.29 is 0 Å². The summed E-state index contributed by atoms with van der Waals surface area (Å²) >= 11 is 0. The van der Waals surface area contributed by atoms with Gasteiger partial charge in [0.1, 0.15) is 5.52 Å². The van der Waals surface area contributed by atoms with Crippen LogP contribution in [-0.4, -0.2) is 26.1 Å². The van der Waals surface area contributed by atoms with E-state index in [1.807, 2.05) is 18.2 Å². The van der Waals surface area contributed by atoms with Crippen molar-refractivity contribution in [2.75, 3.05) is 17.6 Å². The van der Waals surface area contributed by atoms with E-state index in [0.717, 1.165) is 19.4 Å². The Hall–Kier alpha value is -3.07. The van der Waals surface area contributed by atoms with Crippen LogP contribution in [0.3, 0.4) is 0 Å². The lowest BCUT2D eigenvalue weighted by Gasteiger charge is -2.07. The summed E-state index contributed by atoms with van der Waals surface area (Å²) in [6.07, 6.45) is 8.97. The first kappa shape index (κ1) is 14.9. The number of hydrogen-bond donors (Lipinski definition) is 2. The molecule has 6 heteroatoms. The number of anilines is 2. The molecule has 0 saturated carbocycles. The number of nitrogens with two attached hydrogens (primary N) is 1. The monoisotopic (exact) mass is 306 g/mol. The second-order valence-electron chi connectivity index (χ2n) is 5.20. The van der Waals surface area contributed by atoms with Crippen LogP contribution in [0, 0.1) is 12.3 Å². The van der Waals surface area contributed by atoms with Gasteiger partial charge in [-0.05, 0) is 18.4 Å². The second-order valence-corrected chi connectivity index (χ2v) is 5.20. The lowest BCUT2D eigenvalue weighted by molar-refractivity contribution is 0.843. The molecule has 2 aromatic heterocycles. The van der Waals surface area contributed by atoms with Gasteiger partial charge in [0.05, 0.1) is 12.9 Å². The summed E-state index contributed by atoms with van der Waals surface area (Å²) in [6, 6.07) is 10.4. The number of fused-ring (bicyclic) bond motifs is 1. The molecule has 3 rings (SSSR count). The molecule has 0 aliphatic carbocycles. The van der Waals surface area contributed by atoms with Crippen LogP contribution >= 0.6 is 0 Å². The molecule has 3 aromatic rings. The summed E-state index contributed by atoms with van der Waals surface area (Å²) in [4.78, 5) is 12.9. The third kappa shape index (κ3) is 3.40. The van der Waals surface area contributed by atoms with Crippen LogP contribution in [0.25, 0.3) is 11.2 Å². The van der Waals surface area contributed by atoms with Gasteiger partial charge in [0.2, 0.25) is 5.95 Å². The molecule has 1 aromatic carbocycles. The van der Waals surface area contributed by atoms with Gasteiger partial charge in [-0.3, -0.25) is 0 Å². The summed E-state index contributed by atoms with van der Waals surface area (Å²) in [7, 11) is 0. The summed E-state index contributed by atoms with van der Waals surface area (Å²) in [5.41, 5.74) is 8.49. The lowest BCUT2D eigenvalue weighted by atomic mass is 10.1. The second kappa shape index (κ2) is 6.79. The van der Waals surface area contributed by atoms with Crippen LogP contribution in [0.1, 0.15) is 12.0 Å². The molecule has 0 unspecified atom stereocenters. The Kier molecular flexibility index (Phi) is 4.39. The summed E-state index contributed by atoms with van der Waals surface area (Å²) in [5, 5.41) is 3.21. The Morgan fingerprint density at radius 3 is 2.83 bits per heavy atom. The molecule has 3 N–H and O–H groups in total. The average Bonchev–Trinajstić information content (AvgIpc) is 2.97. The molecule has 0 atom stereocenters. The standard InChI is InChI=1S/C17H18N6/c1-2-11-23-12-20-14-15(18)21-17(22-16(14)23)19-10-6-9-13-7-4-3-5-8-13/h1,3-5,7-8,12H,6,9-11H2,(H3,18,19,21,22). The number of nitrogens with zero attached hydrogens (tertiary/aromatic N) is 4. The molecule has 0 radical (unpaired) electrons. The molecule has 23 heavy (non-hydrogen) atoms. The van der Waals surface area contributed by atoms with E-state index in [1.165, 1.54) is 5.56 Å². The highest BCUT2D eigenvalue weighted by molar-refractivity contribution is 5.82. The quantitative estimate of drug-likeness (QED) is 0.538. The van der Waals surface area contributed by atoms with Crippen LogP contribution in [0.2, 0.25) is 0 Å². The zero-order chi connectivity index (χ0) is 16.1. The predicted molar refractivity (Wildman–Crippen MR) is 91.8 cm³/mol. The van der Waals surface area contributed by atoms with E-state index in [0.29, 0.717) is 29.5 Å². The zero-order valence-corrected chi connectivity index (χ0v) is 12.7. The largest absolute Gasteiger partial charge is 0.382 e. The molecule has 6 nitrogen and oxygen atoms in total. The van der Waals surface area contributed by atoms with E-state index in [9.17, 15) is 0 Å². The van der Waals surface area contributed by atoms with Gasteiger partial charge in [0.15, 0.2) is 11.5 Å². The maximum absolute atomic E-state index is 5.94. The molecule has 2 heterocycles.